The number of ketones is 1. The topological polar surface area (TPSA) is 80.4 Å². The highest BCUT2D eigenvalue weighted by atomic mass is 16.2. The van der Waals surface area contributed by atoms with Crippen LogP contribution in [0.4, 0.5) is 0 Å². The average molecular weight is 177 g/mol. The van der Waals surface area contributed by atoms with Gasteiger partial charge in [-0.25, -0.2) is 0 Å². The van der Waals surface area contributed by atoms with Gasteiger partial charge in [-0.05, 0) is 13.3 Å². The predicted molar refractivity (Wildman–Crippen MR) is 48.6 cm³/mol. The Morgan fingerprint density at radius 3 is 1.67 bits per heavy atom. The summed E-state index contributed by atoms with van der Waals surface area (Å²) in [6.07, 6.45) is 1.79. The van der Waals surface area contributed by atoms with Crippen LogP contribution in [-0.4, -0.2) is 23.9 Å². The van der Waals surface area contributed by atoms with E-state index in [1.54, 1.807) is 6.92 Å². The molecule has 0 aromatic rings. The molecular weight excluding hydrogens is 158 g/mol. The average Bonchev–Trinajstić information content (AvgIpc) is 2.06. The van der Waals surface area contributed by atoms with Crippen molar-refractivity contribution >= 4 is 12.2 Å². The molecule has 4 nitrogen and oxygen atoms in total. The van der Waals surface area contributed by atoms with Gasteiger partial charge < -0.3 is 15.6 Å². The standard InChI is InChI=1S/C4H8O.C3H8O.CH3NO/c1-3-4(2)5;1-2-3-4;2-1-3/h3H2,1-2H3;4H,2-3H2,1H3;1H,(H2,2,3). The highest BCUT2D eigenvalue weighted by Gasteiger charge is 1.76. The Hall–Kier alpha value is -0.900. The molecule has 3 N–H and O–H groups in total. The maximum absolute atomic E-state index is 9.81. The van der Waals surface area contributed by atoms with Gasteiger partial charge in [0, 0.05) is 13.0 Å². The minimum atomic E-state index is 0.250. The summed E-state index contributed by atoms with van der Waals surface area (Å²) < 4.78 is 0. The van der Waals surface area contributed by atoms with E-state index in [2.05, 4.69) is 5.73 Å². The number of aliphatic hydroxyl groups excluding tert-OH is 1. The zero-order chi connectivity index (χ0) is 10.4. The van der Waals surface area contributed by atoms with Crippen molar-refractivity contribution in [3.8, 4) is 0 Å². The van der Waals surface area contributed by atoms with Crippen LogP contribution < -0.4 is 5.73 Å². The number of amides is 1. The largest absolute Gasteiger partial charge is 0.396 e. The lowest BCUT2D eigenvalue weighted by Crippen LogP contribution is -1.82. The van der Waals surface area contributed by atoms with Crippen molar-refractivity contribution in [1.29, 1.82) is 0 Å². The zero-order valence-electron chi connectivity index (χ0n) is 8.04. The van der Waals surface area contributed by atoms with Crippen LogP contribution in [-0.2, 0) is 9.59 Å². The molecule has 0 rings (SSSR count). The number of rotatable bonds is 2. The molecule has 0 aromatic carbocycles. The minimum Gasteiger partial charge on any atom is -0.396 e. The van der Waals surface area contributed by atoms with Gasteiger partial charge in [-0.3, -0.25) is 4.79 Å². The Bertz CT molecular complexity index is 92.3. The van der Waals surface area contributed by atoms with Crippen molar-refractivity contribution in [3.63, 3.8) is 0 Å². The molecule has 74 valence electrons. The van der Waals surface area contributed by atoms with E-state index < -0.39 is 0 Å². The van der Waals surface area contributed by atoms with Crippen LogP contribution in [0.2, 0.25) is 0 Å². The van der Waals surface area contributed by atoms with Crippen LogP contribution in [0.25, 0.3) is 0 Å². The summed E-state index contributed by atoms with van der Waals surface area (Å²) in [6.45, 7) is 5.68. The molecule has 0 saturated carbocycles. The summed E-state index contributed by atoms with van der Waals surface area (Å²) in [5.41, 5.74) is 4.17. The molecule has 12 heavy (non-hydrogen) atoms. The first-order chi connectivity index (χ1) is 5.60. The molecule has 4 heteroatoms. The number of carbonyl (C=O) groups excluding carboxylic acids is 2. The summed E-state index contributed by atoms with van der Waals surface area (Å²) in [4.78, 5) is 18.4. The van der Waals surface area contributed by atoms with Gasteiger partial charge in [0.05, 0.1) is 0 Å². The monoisotopic (exact) mass is 177 g/mol. The molecule has 0 unspecified atom stereocenters. The summed E-state index contributed by atoms with van der Waals surface area (Å²) in [7, 11) is 0. The fraction of sp³-hybridized carbons (Fsp3) is 0.750. The van der Waals surface area contributed by atoms with Gasteiger partial charge >= 0.3 is 0 Å². The van der Waals surface area contributed by atoms with Gasteiger partial charge in [-0.15, -0.1) is 0 Å². The molecule has 0 aliphatic rings. The smallest absolute Gasteiger partial charge is 0.204 e. The van der Waals surface area contributed by atoms with E-state index in [0.29, 0.717) is 13.0 Å². The molecule has 0 aromatic heterocycles. The zero-order valence-corrected chi connectivity index (χ0v) is 8.04. The Morgan fingerprint density at radius 1 is 1.50 bits per heavy atom. The molecule has 0 fully saturated rings. The van der Waals surface area contributed by atoms with Gasteiger partial charge in [0.2, 0.25) is 6.41 Å². The van der Waals surface area contributed by atoms with Crippen molar-refractivity contribution < 1.29 is 14.7 Å². The number of hydrogen-bond donors (Lipinski definition) is 2. The Balaban J connectivity index is -0.000000105. The summed E-state index contributed by atoms with van der Waals surface area (Å²) >= 11 is 0. The number of nitrogens with two attached hydrogens (primary N) is 1. The number of primary amides is 1. The molecule has 0 spiro atoms. The second-order valence-electron chi connectivity index (χ2n) is 1.92. The van der Waals surface area contributed by atoms with E-state index in [4.69, 9.17) is 9.90 Å². The Kier molecular flexibility index (Phi) is 32.3. The molecule has 1 amide bonds. The highest BCUT2D eigenvalue weighted by molar-refractivity contribution is 5.74. The first-order valence-corrected chi connectivity index (χ1v) is 3.86. The normalized spacial score (nSPS) is 6.67. The molecule has 0 aliphatic heterocycles. The second-order valence-corrected chi connectivity index (χ2v) is 1.92. The van der Waals surface area contributed by atoms with Crippen molar-refractivity contribution in [2.75, 3.05) is 6.61 Å². The Labute approximate surface area is 73.8 Å². The van der Waals surface area contributed by atoms with Crippen LogP contribution >= 0.6 is 0 Å². The van der Waals surface area contributed by atoms with Crippen LogP contribution in [0, 0.1) is 0 Å². The van der Waals surface area contributed by atoms with Gasteiger partial charge in [0.25, 0.3) is 0 Å². The minimum absolute atomic E-state index is 0.250. The number of Topliss-reactive ketones (excluding diaryl/α,β-unsaturated/α-hetero) is 1. The quantitative estimate of drug-likeness (QED) is 0.602. The summed E-state index contributed by atoms with van der Waals surface area (Å²) in [5, 5.41) is 7.88. The molecule has 0 saturated heterocycles. The molecule has 0 aliphatic carbocycles. The van der Waals surface area contributed by atoms with Crippen LogP contribution in [0.15, 0.2) is 0 Å². The van der Waals surface area contributed by atoms with Gasteiger partial charge in [0.15, 0.2) is 0 Å². The number of aliphatic hydroxyl groups is 1. The second kappa shape index (κ2) is 22.5. The first kappa shape index (κ1) is 17.3. The Morgan fingerprint density at radius 2 is 1.67 bits per heavy atom. The number of hydrogen-bond acceptors (Lipinski definition) is 3. The maximum atomic E-state index is 9.81. The van der Waals surface area contributed by atoms with E-state index in [1.807, 2.05) is 13.8 Å². The molecular formula is C8H19NO3. The SMILES string of the molecule is CCC(C)=O.CCCO.NC=O. The van der Waals surface area contributed by atoms with Crippen molar-refractivity contribution in [3.05, 3.63) is 0 Å². The first-order valence-electron chi connectivity index (χ1n) is 3.86. The van der Waals surface area contributed by atoms with E-state index in [9.17, 15) is 4.79 Å². The summed E-state index contributed by atoms with van der Waals surface area (Å²) in [6, 6.07) is 0. The lowest BCUT2D eigenvalue weighted by Gasteiger charge is -1.71. The fourth-order valence-corrected chi connectivity index (χ4v) is 0. The van der Waals surface area contributed by atoms with Gasteiger partial charge in [-0.1, -0.05) is 13.8 Å². The lowest BCUT2D eigenvalue weighted by atomic mass is 10.4. The molecule has 0 radical (unpaired) electrons. The fourth-order valence-electron chi connectivity index (χ4n) is 0. The van der Waals surface area contributed by atoms with Crippen LogP contribution in [0.1, 0.15) is 33.6 Å². The predicted octanol–water partition coefficient (Wildman–Crippen LogP) is 0.476. The molecule has 0 bridgehead atoms. The van der Waals surface area contributed by atoms with Crippen molar-refractivity contribution in [1.82, 2.24) is 0 Å². The van der Waals surface area contributed by atoms with E-state index in [-0.39, 0.29) is 12.2 Å². The maximum Gasteiger partial charge on any atom is 0.204 e. The third-order valence-electron chi connectivity index (χ3n) is 0.721. The number of carbonyl (C=O) groups is 2. The lowest BCUT2D eigenvalue weighted by molar-refractivity contribution is -0.116. The molecule has 0 atom stereocenters. The third kappa shape index (κ3) is 135. The van der Waals surface area contributed by atoms with E-state index in [0.717, 1.165) is 6.42 Å². The molecule has 0 heterocycles. The van der Waals surface area contributed by atoms with Crippen molar-refractivity contribution in [2.24, 2.45) is 5.73 Å². The highest BCUT2D eigenvalue weighted by Crippen LogP contribution is 1.71. The summed E-state index contributed by atoms with van der Waals surface area (Å²) in [5.74, 6) is 0.255. The van der Waals surface area contributed by atoms with Crippen molar-refractivity contribution in [2.45, 2.75) is 33.6 Å². The van der Waals surface area contributed by atoms with E-state index in [1.165, 1.54) is 0 Å². The van der Waals surface area contributed by atoms with Gasteiger partial charge in [-0.2, -0.15) is 0 Å². The van der Waals surface area contributed by atoms with Crippen LogP contribution in [0.3, 0.4) is 0 Å². The van der Waals surface area contributed by atoms with Gasteiger partial charge in [0.1, 0.15) is 5.78 Å². The van der Waals surface area contributed by atoms with E-state index >= 15 is 0 Å². The third-order valence-corrected chi connectivity index (χ3v) is 0.721. The van der Waals surface area contributed by atoms with Crippen LogP contribution in [0.5, 0.6) is 0 Å².